The van der Waals surface area contributed by atoms with Crippen molar-refractivity contribution in [1.82, 2.24) is 0 Å². The lowest BCUT2D eigenvalue weighted by atomic mass is 9.98. The van der Waals surface area contributed by atoms with Crippen LogP contribution in [0.5, 0.6) is 11.5 Å². The van der Waals surface area contributed by atoms with E-state index in [0.717, 1.165) is 16.7 Å². The molecule has 0 spiro atoms. The lowest BCUT2D eigenvalue weighted by Gasteiger charge is -2.24. The van der Waals surface area contributed by atoms with Gasteiger partial charge in [-0.25, -0.2) is 4.79 Å². The average Bonchev–Trinajstić information content (AvgIpc) is 2.67. The van der Waals surface area contributed by atoms with Gasteiger partial charge in [-0.1, -0.05) is 12.1 Å². The first-order chi connectivity index (χ1) is 14.3. The molecular formula is C23H25F3O5. The maximum absolute atomic E-state index is 12.4. The molecule has 0 fully saturated rings. The Balaban J connectivity index is 2.01. The molecule has 5 nitrogen and oxygen atoms in total. The van der Waals surface area contributed by atoms with Gasteiger partial charge in [0.25, 0.3) is 0 Å². The van der Waals surface area contributed by atoms with E-state index in [1.54, 1.807) is 0 Å². The molecule has 0 aliphatic rings. The lowest BCUT2D eigenvalue weighted by molar-refractivity contribution is -0.153. The molecule has 0 aliphatic carbocycles. The highest BCUT2D eigenvalue weighted by Crippen LogP contribution is 2.29. The summed E-state index contributed by atoms with van der Waals surface area (Å²) in [5, 5.41) is 9.25. The van der Waals surface area contributed by atoms with Crippen LogP contribution in [0.2, 0.25) is 0 Å². The maximum atomic E-state index is 12.4. The average molecular weight is 438 g/mol. The molecule has 0 unspecified atom stereocenters. The number of hydrogen-bond donors (Lipinski definition) is 1. The minimum atomic E-state index is -4.42. The summed E-state index contributed by atoms with van der Waals surface area (Å²) in [6.45, 7) is 5.18. The van der Waals surface area contributed by atoms with Crippen LogP contribution < -0.4 is 9.47 Å². The number of carbonyl (C=O) groups excluding carboxylic acids is 1. The van der Waals surface area contributed by atoms with Gasteiger partial charge < -0.3 is 14.6 Å². The van der Waals surface area contributed by atoms with E-state index < -0.39 is 24.4 Å². The number of halogens is 3. The van der Waals surface area contributed by atoms with Crippen LogP contribution in [0.15, 0.2) is 36.4 Å². The van der Waals surface area contributed by atoms with Crippen molar-refractivity contribution in [3.05, 3.63) is 58.7 Å². The summed E-state index contributed by atoms with van der Waals surface area (Å²) in [7, 11) is 0. The topological polar surface area (TPSA) is 72.8 Å². The predicted octanol–water partition coefficient (Wildman–Crippen LogP) is 5.30. The van der Waals surface area contributed by atoms with Crippen LogP contribution >= 0.6 is 0 Å². The molecule has 0 aliphatic heterocycles. The van der Waals surface area contributed by atoms with E-state index in [1.807, 2.05) is 26.0 Å². The van der Waals surface area contributed by atoms with Crippen LogP contribution in [0.4, 0.5) is 13.2 Å². The van der Waals surface area contributed by atoms with E-state index in [4.69, 9.17) is 4.74 Å². The van der Waals surface area contributed by atoms with Crippen molar-refractivity contribution in [3.63, 3.8) is 0 Å². The van der Waals surface area contributed by atoms with Gasteiger partial charge in [0.1, 0.15) is 11.5 Å². The van der Waals surface area contributed by atoms with Crippen LogP contribution in [0, 0.1) is 13.8 Å². The molecule has 2 aromatic carbocycles. The number of carboxylic acids is 1. The Morgan fingerprint density at radius 3 is 2.03 bits per heavy atom. The van der Waals surface area contributed by atoms with E-state index in [-0.39, 0.29) is 18.0 Å². The summed E-state index contributed by atoms with van der Waals surface area (Å²) in [6, 6.07) is 9.25. The van der Waals surface area contributed by atoms with Gasteiger partial charge in [0.2, 0.25) is 0 Å². The number of Topliss-reactive ketones (excluding diaryl/α,β-unsaturated/α-hetero) is 1. The standard InChI is InChI=1S/C23H25F3O5/c1-14-11-16(12-15(2)20(14)31-22(3,4)21(28)29)5-10-19(27)17-6-8-18(9-7-17)30-13-23(24,25)26/h6-9,11-12H,5,10,13H2,1-4H3,(H,28,29). The molecule has 168 valence electrons. The normalized spacial score (nSPS) is 11.8. The summed E-state index contributed by atoms with van der Waals surface area (Å²) in [5.74, 6) is -0.683. The van der Waals surface area contributed by atoms with Gasteiger partial charge in [-0.2, -0.15) is 13.2 Å². The van der Waals surface area contributed by atoms with Crippen LogP contribution in [-0.4, -0.2) is 35.2 Å². The molecule has 0 saturated carbocycles. The number of ether oxygens (including phenoxy) is 2. The summed E-state index contributed by atoms with van der Waals surface area (Å²) in [5.41, 5.74) is 1.44. The van der Waals surface area contributed by atoms with Crippen molar-refractivity contribution in [2.45, 2.75) is 52.3 Å². The number of aliphatic carboxylic acids is 1. The number of carbonyl (C=O) groups is 2. The number of rotatable bonds is 9. The number of alkyl halides is 3. The van der Waals surface area contributed by atoms with E-state index in [0.29, 0.717) is 17.7 Å². The van der Waals surface area contributed by atoms with Crippen LogP contribution in [-0.2, 0) is 11.2 Å². The minimum absolute atomic E-state index is 0.0417. The predicted molar refractivity (Wildman–Crippen MR) is 109 cm³/mol. The molecule has 0 atom stereocenters. The third kappa shape index (κ3) is 7.01. The maximum Gasteiger partial charge on any atom is 0.422 e. The monoisotopic (exact) mass is 438 g/mol. The first kappa shape index (κ1) is 24.2. The zero-order chi connectivity index (χ0) is 23.4. The van der Waals surface area contributed by atoms with Gasteiger partial charge in [-0.05, 0) is 75.1 Å². The molecular weight excluding hydrogens is 413 g/mol. The lowest BCUT2D eigenvalue weighted by Crippen LogP contribution is -2.38. The van der Waals surface area contributed by atoms with Gasteiger partial charge in [0.05, 0.1) is 0 Å². The van der Waals surface area contributed by atoms with Gasteiger partial charge in [-0.3, -0.25) is 4.79 Å². The molecule has 2 rings (SSSR count). The van der Waals surface area contributed by atoms with Crippen molar-refractivity contribution in [1.29, 1.82) is 0 Å². The summed E-state index contributed by atoms with van der Waals surface area (Å²) in [6.07, 6.45) is -3.76. The Morgan fingerprint density at radius 2 is 1.55 bits per heavy atom. The molecule has 2 aromatic rings. The second kappa shape index (κ2) is 9.41. The molecule has 0 bridgehead atoms. The van der Waals surface area contributed by atoms with Crippen LogP contribution in [0.3, 0.4) is 0 Å². The fourth-order valence-electron chi connectivity index (χ4n) is 2.95. The molecule has 0 amide bonds. The van der Waals surface area contributed by atoms with E-state index in [9.17, 15) is 27.9 Å². The van der Waals surface area contributed by atoms with E-state index in [2.05, 4.69) is 4.74 Å². The number of benzene rings is 2. The van der Waals surface area contributed by atoms with Crippen LogP contribution in [0.1, 0.15) is 47.3 Å². The van der Waals surface area contributed by atoms with Crippen LogP contribution in [0.25, 0.3) is 0 Å². The van der Waals surface area contributed by atoms with Crippen molar-refractivity contribution in [2.75, 3.05) is 6.61 Å². The molecule has 0 heterocycles. The third-order valence-electron chi connectivity index (χ3n) is 4.61. The highest BCUT2D eigenvalue weighted by atomic mass is 19.4. The SMILES string of the molecule is Cc1cc(CCC(=O)c2ccc(OCC(F)(F)F)cc2)cc(C)c1OC(C)(C)C(=O)O. The number of ketones is 1. The number of hydrogen-bond acceptors (Lipinski definition) is 4. The Labute approximate surface area is 178 Å². The Kier molecular flexibility index (Phi) is 7.36. The van der Waals surface area contributed by atoms with Gasteiger partial charge in [-0.15, -0.1) is 0 Å². The van der Waals surface area contributed by atoms with Gasteiger partial charge in [0, 0.05) is 12.0 Å². The first-order valence-electron chi connectivity index (χ1n) is 9.64. The third-order valence-corrected chi connectivity index (χ3v) is 4.61. The highest BCUT2D eigenvalue weighted by Gasteiger charge is 2.30. The van der Waals surface area contributed by atoms with Crippen molar-refractivity contribution in [3.8, 4) is 11.5 Å². The molecule has 1 N–H and O–H groups in total. The Morgan fingerprint density at radius 1 is 1.00 bits per heavy atom. The van der Waals surface area contributed by atoms with Crippen molar-refractivity contribution in [2.24, 2.45) is 0 Å². The minimum Gasteiger partial charge on any atom is -0.484 e. The number of carboxylic acid groups (broad SMARTS) is 1. The fourth-order valence-corrected chi connectivity index (χ4v) is 2.95. The highest BCUT2D eigenvalue weighted by molar-refractivity contribution is 5.96. The second-order valence-electron chi connectivity index (χ2n) is 7.83. The summed E-state index contributed by atoms with van der Waals surface area (Å²) in [4.78, 5) is 23.7. The Hall–Kier alpha value is -3.03. The smallest absolute Gasteiger partial charge is 0.422 e. The second-order valence-corrected chi connectivity index (χ2v) is 7.83. The van der Waals surface area contributed by atoms with Gasteiger partial charge in [0.15, 0.2) is 18.0 Å². The summed E-state index contributed by atoms with van der Waals surface area (Å²) >= 11 is 0. The molecule has 0 aromatic heterocycles. The molecule has 0 saturated heterocycles. The molecule has 0 radical (unpaired) electrons. The number of aryl methyl sites for hydroxylation is 3. The van der Waals surface area contributed by atoms with Crippen molar-refractivity contribution < 1.29 is 37.3 Å². The van der Waals surface area contributed by atoms with E-state index in [1.165, 1.54) is 38.1 Å². The molecule has 31 heavy (non-hydrogen) atoms. The fraction of sp³-hybridized carbons (Fsp3) is 0.391. The van der Waals surface area contributed by atoms with Crippen molar-refractivity contribution >= 4 is 11.8 Å². The first-order valence-corrected chi connectivity index (χ1v) is 9.64. The zero-order valence-electron chi connectivity index (χ0n) is 17.8. The van der Waals surface area contributed by atoms with E-state index >= 15 is 0 Å². The van der Waals surface area contributed by atoms with Gasteiger partial charge >= 0.3 is 12.1 Å². The molecule has 8 heteroatoms. The Bertz CT molecular complexity index is 924. The summed E-state index contributed by atoms with van der Waals surface area (Å²) < 4.78 is 46.9. The largest absolute Gasteiger partial charge is 0.484 e. The zero-order valence-corrected chi connectivity index (χ0v) is 17.8. The quantitative estimate of drug-likeness (QED) is 0.538.